The van der Waals surface area contributed by atoms with Crippen LogP contribution in [0.1, 0.15) is 6.92 Å². The van der Waals surface area contributed by atoms with E-state index in [-0.39, 0.29) is 11.7 Å². The summed E-state index contributed by atoms with van der Waals surface area (Å²) in [5.74, 6) is -0.309. The van der Waals surface area contributed by atoms with Crippen LogP contribution in [0.4, 0.5) is 18.9 Å². The predicted molar refractivity (Wildman–Crippen MR) is 111 cm³/mol. The summed E-state index contributed by atoms with van der Waals surface area (Å²) in [6.45, 7) is 10.1. The van der Waals surface area contributed by atoms with Crippen molar-refractivity contribution in [1.29, 1.82) is 0 Å². The summed E-state index contributed by atoms with van der Waals surface area (Å²) in [7, 11) is -2.39. The van der Waals surface area contributed by atoms with Gasteiger partial charge in [-0.2, -0.15) is 13.2 Å². The van der Waals surface area contributed by atoms with Crippen LogP contribution in [0, 0.1) is 0 Å². The number of morpholine rings is 1. The van der Waals surface area contributed by atoms with Crippen LogP contribution in [0.3, 0.4) is 0 Å². The number of allylic oxidation sites excluding steroid dienone is 1. The van der Waals surface area contributed by atoms with E-state index >= 15 is 0 Å². The van der Waals surface area contributed by atoms with Crippen LogP contribution in [0.15, 0.2) is 53.3 Å². The van der Waals surface area contributed by atoms with E-state index in [0.717, 1.165) is 6.08 Å². The van der Waals surface area contributed by atoms with Crippen LogP contribution in [0.25, 0.3) is 0 Å². The number of alkyl halides is 3. The highest BCUT2D eigenvalue weighted by Gasteiger charge is 2.37. The second-order valence-electron chi connectivity index (χ2n) is 6.84. The molecule has 1 saturated heterocycles. The fourth-order valence-corrected chi connectivity index (χ4v) is 3.51. The largest absolute Gasteiger partial charge is 0.419 e. The number of amidine groups is 1. The van der Waals surface area contributed by atoms with Crippen molar-refractivity contribution in [3.63, 3.8) is 0 Å². The molecule has 1 aromatic carbocycles. The first-order valence-electron chi connectivity index (χ1n) is 9.04. The summed E-state index contributed by atoms with van der Waals surface area (Å²) in [5.41, 5.74) is 2.43. The Morgan fingerprint density at radius 3 is 2.31 bits per heavy atom. The first-order valence-corrected chi connectivity index (χ1v) is 11.6. The normalized spacial score (nSPS) is 17.2. The highest BCUT2D eigenvalue weighted by atomic mass is 31.2. The fraction of sp³-hybridized carbons (Fsp3) is 0.421. The topological polar surface area (TPSA) is 66.0 Å². The minimum atomic E-state index is -4.57. The average molecular weight is 430 g/mol. The monoisotopic (exact) mass is 430 g/mol. The summed E-state index contributed by atoms with van der Waals surface area (Å²) in [6.07, 6.45) is -3.60. The van der Waals surface area contributed by atoms with E-state index in [1.807, 2.05) is 0 Å². The van der Waals surface area contributed by atoms with Gasteiger partial charge < -0.3 is 20.0 Å². The van der Waals surface area contributed by atoms with Gasteiger partial charge in [0.1, 0.15) is 13.0 Å². The van der Waals surface area contributed by atoms with Gasteiger partial charge >= 0.3 is 6.18 Å². The molecular weight excluding hydrogens is 404 g/mol. The second kappa shape index (κ2) is 9.61. The van der Waals surface area contributed by atoms with Crippen molar-refractivity contribution in [3.8, 4) is 0 Å². The molecule has 2 N–H and O–H groups in total. The van der Waals surface area contributed by atoms with Crippen LogP contribution in [-0.4, -0.2) is 56.7 Å². The van der Waals surface area contributed by atoms with Gasteiger partial charge in [-0.25, -0.2) is 10.0 Å². The average Bonchev–Trinajstić information content (AvgIpc) is 2.61. The molecule has 1 fully saturated rings. The van der Waals surface area contributed by atoms with Crippen molar-refractivity contribution in [2.75, 3.05) is 44.9 Å². The molecule has 1 aromatic rings. The first kappa shape index (κ1) is 23.2. The third-order valence-electron chi connectivity index (χ3n) is 4.15. The zero-order valence-corrected chi connectivity index (χ0v) is 17.6. The number of halogens is 3. The van der Waals surface area contributed by atoms with Crippen LogP contribution < -0.4 is 16.0 Å². The van der Waals surface area contributed by atoms with E-state index in [2.05, 4.69) is 22.3 Å². The van der Waals surface area contributed by atoms with Crippen molar-refractivity contribution in [3.05, 3.63) is 48.3 Å². The summed E-state index contributed by atoms with van der Waals surface area (Å²) < 4.78 is 57.7. The molecule has 29 heavy (non-hydrogen) atoms. The molecule has 160 valence electrons. The second-order valence-corrected chi connectivity index (χ2v) is 10.1. The van der Waals surface area contributed by atoms with Gasteiger partial charge in [0.15, 0.2) is 5.84 Å². The number of hydrazine groups is 1. The molecule has 1 aliphatic heterocycles. The van der Waals surface area contributed by atoms with Gasteiger partial charge in [-0.15, -0.1) is 0 Å². The molecular formula is C19H26F3N4O2P. The third-order valence-corrected chi connectivity index (χ3v) is 5.69. The van der Waals surface area contributed by atoms with E-state index in [9.17, 15) is 17.7 Å². The lowest BCUT2D eigenvalue weighted by atomic mass is 10.2. The van der Waals surface area contributed by atoms with Crippen molar-refractivity contribution < 1.29 is 22.5 Å². The molecule has 10 heteroatoms. The Labute approximate surface area is 168 Å². The Kier molecular flexibility index (Phi) is 7.68. The number of hydrogen-bond donors (Lipinski definition) is 2. The van der Waals surface area contributed by atoms with E-state index in [0.29, 0.717) is 37.3 Å². The predicted octanol–water partition coefficient (Wildman–Crippen LogP) is 3.56. The summed E-state index contributed by atoms with van der Waals surface area (Å²) >= 11 is 0. The molecule has 0 unspecified atom stereocenters. The molecule has 2 rings (SSSR count). The number of hydrogen-bond acceptors (Lipinski definition) is 5. The summed E-state index contributed by atoms with van der Waals surface area (Å²) in [6, 6.07) is 6.79. The molecule has 0 amide bonds. The SMILES string of the molecule is C=C(/N=C(NN1CCOCC1)\C(=C/C)C(F)(F)F)Nc1ccc(P(C)(C)=O)cc1. The zero-order valence-electron chi connectivity index (χ0n) is 16.7. The first-order chi connectivity index (χ1) is 13.5. The number of ether oxygens (including phenoxy) is 1. The smallest absolute Gasteiger partial charge is 0.379 e. The maximum absolute atomic E-state index is 13.4. The van der Waals surface area contributed by atoms with Crippen molar-refractivity contribution in [2.45, 2.75) is 13.1 Å². The lowest BCUT2D eigenvalue weighted by Crippen LogP contribution is -2.50. The molecule has 0 aromatic heterocycles. The van der Waals surface area contributed by atoms with Gasteiger partial charge in [0.05, 0.1) is 18.8 Å². The van der Waals surface area contributed by atoms with E-state index in [1.165, 1.54) is 6.92 Å². The number of nitrogens with one attached hydrogen (secondary N) is 2. The van der Waals surface area contributed by atoms with E-state index in [4.69, 9.17) is 4.74 Å². The van der Waals surface area contributed by atoms with Gasteiger partial charge in [-0.05, 0) is 44.5 Å². The summed E-state index contributed by atoms with van der Waals surface area (Å²) in [5, 5.41) is 5.20. The highest BCUT2D eigenvalue weighted by molar-refractivity contribution is 7.70. The minimum Gasteiger partial charge on any atom is -0.379 e. The molecule has 0 bridgehead atoms. The molecule has 1 heterocycles. The Morgan fingerprint density at radius 1 is 1.24 bits per heavy atom. The summed E-state index contributed by atoms with van der Waals surface area (Å²) in [4.78, 5) is 4.05. The number of benzene rings is 1. The van der Waals surface area contributed by atoms with Crippen LogP contribution in [0.5, 0.6) is 0 Å². The van der Waals surface area contributed by atoms with Gasteiger partial charge in [0, 0.05) is 24.1 Å². The van der Waals surface area contributed by atoms with Gasteiger partial charge in [-0.3, -0.25) is 0 Å². The van der Waals surface area contributed by atoms with Crippen LogP contribution in [-0.2, 0) is 9.30 Å². The Bertz CT molecular complexity index is 823. The third kappa shape index (κ3) is 7.03. The van der Waals surface area contributed by atoms with Crippen LogP contribution >= 0.6 is 7.14 Å². The number of rotatable bonds is 6. The molecule has 0 atom stereocenters. The van der Waals surface area contributed by atoms with Gasteiger partial charge in [0.25, 0.3) is 0 Å². The number of anilines is 1. The van der Waals surface area contributed by atoms with Crippen molar-refractivity contribution >= 4 is 24.0 Å². The van der Waals surface area contributed by atoms with E-state index < -0.39 is 18.9 Å². The molecule has 6 nitrogen and oxygen atoms in total. The van der Waals surface area contributed by atoms with Crippen LogP contribution in [0.2, 0.25) is 0 Å². The molecule has 0 saturated carbocycles. The highest BCUT2D eigenvalue weighted by Crippen LogP contribution is 2.34. The Balaban J connectivity index is 2.21. The maximum atomic E-state index is 13.4. The molecule has 0 radical (unpaired) electrons. The lowest BCUT2D eigenvalue weighted by Gasteiger charge is -2.29. The standard InChI is InChI=1S/C19H26F3N4O2P/c1-5-17(19(20,21)22)18(25-26-10-12-28-13-11-26)24-14(2)23-15-6-8-16(9-7-15)29(3,4)27/h5-9,23H,2,10-13H2,1,3-4H3,(H,24,25)/b17-5+. The fourth-order valence-electron chi connectivity index (χ4n) is 2.64. The minimum absolute atomic E-state index is 0.0355. The lowest BCUT2D eigenvalue weighted by molar-refractivity contribution is -0.0869. The molecule has 0 aliphatic carbocycles. The molecule has 0 spiro atoms. The van der Waals surface area contributed by atoms with Gasteiger partial charge in [0.2, 0.25) is 0 Å². The number of nitrogens with zero attached hydrogens (tertiary/aromatic N) is 2. The quantitative estimate of drug-likeness (QED) is 0.411. The zero-order chi connectivity index (χ0) is 21.7. The van der Waals surface area contributed by atoms with Crippen molar-refractivity contribution in [1.82, 2.24) is 10.4 Å². The van der Waals surface area contributed by atoms with E-state index in [1.54, 1.807) is 42.6 Å². The molecule has 1 aliphatic rings. The van der Waals surface area contributed by atoms with Gasteiger partial charge in [-0.1, -0.05) is 12.7 Å². The number of aliphatic imine (C=N–C) groups is 1. The Hall–Kier alpha value is -2.09. The maximum Gasteiger partial charge on any atom is 0.419 e. The Morgan fingerprint density at radius 2 is 1.83 bits per heavy atom. The van der Waals surface area contributed by atoms with Crippen molar-refractivity contribution in [2.24, 2.45) is 4.99 Å².